The maximum Gasteiger partial charge on any atom is 0.433 e. The Balaban J connectivity index is 1.76. The van der Waals surface area contributed by atoms with Crippen molar-refractivity contribution in [2.24, 2.45) is 11.1 Å². The number of nitriles is 1. The van der Waals surface area contributed by atoms with Crippen molar-refractivity contribution in [3.05, 3.63) is 59.2 Å². The molecule has 0 bridgehead atoms. The van der Waals surface area contributed by atoms with Gasteiger partial charge in [-0.15, -0.1) is 0 Å². The van der Waals surface area contributed by atoms with Crippen molar-refractivity contribution in [2.45, 2.75) is 51.6 Å². The smallest absolute Gasteiger partial charge is 0.433 e. The van der Waals surface area contributed by atoms with Gasteiger partial charge in [-0.25, -0.2) is 4.79 Å². The van der Waals surface area contributed by atoms with E-state index in [9.17, 15) is 31.1 Å². The SMILES string of the molecule is CC(C)(C)C(OC(N)=O)c1ccc(OC[C@@H]2CN(c3ccc(C#N)c(C(F)(F)F)c3)[C@@H](C(F)(F)F)O2)cc1. The summed E-state index contributed by atoms with van der Waals surface area (Å²) in [6.07, 6.45) is -15.1. The number of halogens is 6. The highest BCUT2D eigenvalue weighted by Gasteiger charge is 2.51. The third kappa shape index (κ3) is 6.80. The fourth-order valence-electron chi connectivity index (χ4n) is 4.03. The van der Waals surface area contributed by atoms with E-state index < -0.39 is 65.7 Å². The highest BCUT2D eigenvalue weighted by Crippen LogP contribution is 2.40. The number of rotatable bonds is 6. The molecular weight excluding hydrogens is 520 g/mol. The molecular formula is C25H25F6N3O4. The molecule has 0 aromatic heterocycles. The van der Waals surface area contributed by atoms with Gasteiger partial charge in [0.15, 0.2) is 0 Å². The van der Waals surface area contributed by atoms with E-state index in [1.165, 1.54) is 18.2 Å². The first-order valence-electron chi connectivity index (χ1n) is 11.3. The van der Waals surface area contributed by atoms with Gasteiger partial charge in [-0.1, -0.05) is 32.9 Å². The Morgan fingerprint density at radius 2 is 1.76 bits per heavy atom. The number of anilines is 1. The summed E-state index contributed by atoms with van der Waals surface area (Å²) in [6, 6.07) is 10.0. The lowest BCUT2D eigenvalue weighted by molar-refractivity contribution is -0.215. The van der Waals surface area contributed by atoms with Gasteiger partial charge >= 0.3 is 18.4 Å². The van der Waals surface area contributed by atoms with Crippen LogP contribution in [0.2, 0.25) is 0 Å². The number of amides is 1. The normalized spacial score (nSPS) is 19.1. The van der Waals surface area contributed by atoms with Crippen LogP contribution in [0.5, 0.6) is 5.75 Å². The molecule has 1 heterocycles. The lowest BCUT2D eigenvalue weighted by Gasteiger charge is -2.30. The second-order valence-electron chi connectivity index (χ2n) is 9.71. The summed E-state index contributed by atoms with van der Waals surface area (Å²) in [5, 5.41) is 8.95. The number of hydrogen-bond donors (Lipinski definition) is 1. The van der Waals surface area contributed by atoms with E-state index in [1.54, 1.807) is 12.1 Å². The molecule has 1 saturated heterocycles. The Kier molecular flexibility index (Phi) is 8.07. The lowest BCUT2D eigenvalue weighted by Crippen LogP contribution is -2.42. The first kappa shape index (κ1) is 28.9. The molecule has 0 spiro atoms. The minimum absolute atomic E-state index is 0.281. The van der Waals surface area contributed by atoms with Gasteiger partial charge in [0.25, 0.3) is 0 Å². The van der Waals surface area contributed by atoms with Crippen LogP contribution in [0.4, 0.5) is 36.8 Å². The van der Waals surface area contributed by atoms with Crippen molar-refractivity contribution in [2.75, 3.05) is 18.1 Å². The number of primary amides is 1. The average Bonchev–Trinajstić information content (AvgIpc) is 3.25. The number of nitrogens with two attached hydrogens (primary N) is 1. The van der Waals surface area contributed by atoms with E-state index in [4.69, 9.17) is 25.2 Å². The van der Waals surface area contributed by atoms with Gasteiger partial charge in [-0.05, 0) is 35.9 Å². The molecule has 1 aliphatic rings. The molecule has 1 aliphatic heterocycles. The van der Waals surface area contributed by atoms with Crippen LogP contribution in [0.3, 0.4) is 0 Å². The predicted molar refractivity (Wildman–Crippen MR) is 123 cm³/mol. The highest BCUT2D eigenvalue weighted by molar-refractivity contribution is 5.65. The molecule has 2 N–H and O–H groups in total. The topological polar surface area (TPSA) is 97.8 Å². The van der Waals surface area contributed by atoms with Crippen LogP contribution >= 0.6 is 0 Å². The largest absolute Gasteiger partial charge is 0.491 e. The van der Waals surface area contributed by atoms with Gasteiger partial charge in [0.1, 0.15) is 24.6 Å². The quantitative estimate of drug-likeness (QED) is 0.452. The number of carbonyl (C=O) groups excluding carboxylic acids is 1. The van der Waals surface area contributed by atoms with Crippen molar-refractivity contribution in [1.82, 2.24) is 0 Å². The second kappa shape index (κ2) is 10.6. The third-order valence-corrected chi connectivity index (χ3v) is 5.68. The van der Waals surface area contributed by atoms with Crippen LogP contribution in [0.1, 0.15) is 43.6 Å². The summed E-state index contributed by atoms with van der Waals surface area (Å²) >= 11 is 0. The Bertz CT molecular complexity index is 1190. The summed E-state index contributed by atoms with van der Waals surface area (Å²) in [6.45, 7) is 4.79. The van der Waals surface area contributed by atoms with Crippen molar-refractivity contribution in [3.8, 4) is 11.8 Å². The molecule has 2 aromatic carbocycles. The summed E-state index contributed by atoms with van der Waals surface area (Å²) in [4.78, 5) is 11.9. The monoisotopic (exact) mass is 545 g/mol. The van der Waals surface area contributed by atoms with Crippen LogP contribution in [-0.4, -0.2) is 37.8 Å². The van der Waals surface area contributed by atoms with Gasteiger partial charge in [0, 0.05) is 11.1 Å². The summed E-state index contributed by atoms with van der Waals surface area (Å²) < 4.78 is 97.0. The Morgan fingerprint density at radius 3 is 2.26 bits per heavy atom. The molecule has 1 fully saturated rings. The molecule has 1 amide bonds. The first-order chi connectivity index (χ1) is 17.5. The summed E-state index contributed by atoms with van der Waals surface area (Å²) in [5.41, 5.74) is 2.85. The van der Waals surface area contributed by atoms with E-state index in [-0.39, 0.29) is 12.4 Å². The standard InChI is InChI=1S/C25H25F6N3O4/c1-23(2,3)20(38-22(33)35)14-5-8-17(9-6-14)36-13-18-12-34(21(37-18)25(29,30)31)16-7-4-15(11-32)19(10-16)24(26,27)28/h4-10,18,20-21H,12-13H2,1-3H3,(H2,33,35)/t18-,20?,21+/m0/s1. The fraction of sp³-hybridized carbons (Fsp3) is 0.440. The number of nitrogens with zero attached hydrogens (tertiary/aromatic N) is 2. The zero-order valence-electron chi connectivity index (χ0n) is 20.6. The third-order valence-electron chi connectivity index (χ3n) is 5.68. The minimum atomic E-state index is -4.93. The van der Waals surface area contributed by atoms with Crippen LogP contribution in [0.15, 0.2) is 42.5 Å². The molecule has 38 heavy (non-hydrogen) atoms. The number of ether oxygens (including phenoxy) is 3. The van der Waals surface area contributed by atoms with E-state index in [0.717, 1.165) is 12.1 Å². The molecule has 3 atom stereocenters. The van der Waals surface area contributed by atoms with Crippen LogP contribution in [-0.2, 0) is 15.7 Å². The molecule has 3 rings (SSSR count). The Hall–Kier alpha value is -3.66. The number of hydrogen-bond acceptors (Lipinski definition) is 6. The van der Waals surface area contributed by atoms with Gasteiger partial charge in [-0.3, -0.25) is 0 Å². The molecule has 1 unspecified atom stereocenters. The first-order valence-corrected chi connectivity index (χ1v) is 11.3. The number of carbonyl (C=O) groups is 1. The lowest BCUT2D eigenvalue weighted by atomic mass is 9.84. The van der Waals surface area contributed by atoms with Crippen molar-refractivity contribution in [3.63, 3.8) is 0 Å². The molecule has 0 radical (unpaired) electrons. The highest BCUT2D eigenvalue weighted by atomic mass is 19.4. The van der Waals surface area contributed by atoms with E-state index in [2.05, 4.69) is 0 Å². The van der Waals surface area contributed by atoms with Crippen molar-refractivity contribution in [1.29, 1.82) is 5.26 Å². The Morgan fingerprint density at radius 1 is 1.13 bits per heavy atom. The Labute approximate surface area is 214 Å². The maximum absolute atomic E-state index is 13.7. The average molecular weight is 545 g/mol. The molecule has 0 saturated carbocycles. The minimum Gasteiger partial charge on any atom is -0.491 e. The van der Waals surface area contributed by atoms with Crippen LogP contribution in [0, 0.1) is 16.7 Å². The predicted octanol–water partition coefficient (Wildman–Crippen LogP) is 5.93. The zero-order chi connectivity index (χ0) is 28.5. The van der Waals surface area contributed by atoms with E-state index in [1.807, 2.05) is 20.8 Å². The zero-order valence-corrected chi connectivity index (χ0v) is 20.6. The van der Waals surface area contributed by atoms with Gasteiger partial charge in [-0.2, -0.15) is 31.6 Å². The second-order valence-corrected chi connectivity index (χ2v) is 9.71. The van der Waals surface area contributed by atoms with Crippen molar-refractivity contribution < 1.29 is 45.3 Å². The van der Waals surface area contributed by atoms with Gasteiger partial charge < -0.3 is 24.8 Å². The molecule has 7 nitrogen and oxygen atoms in total. The van der Waals surface area contributed by atoms with E-state index in [0.29, 0.717) is 16.5 Å². The fourth-order valence-corrected chi connectivity index (χ4v) is 4.03. The maximum atomic E-state index is 13.7. The van der Waals surface area contributed by atoms with Gasteiger partial charge in [0.2, 0.25) is 6.23 Å². The molecule has 2 aromatic rings. The molecule has 0 aliphatic carbocycles. The van der Waals surface area contributed by atoms with Gasteiger partial charge in [0.05, 0.1) is 23.7 Å². The van der Waals surface area contributed by atoms with Crippen molar-refractivity contribution >= 4 is 11.8 Å². The molecule has 206 valence electrons. The number of benzene rings is 2. The summed E-state index contributed by atoms with van der Waals surface area (Å²) in [7, 11) is 0. The van der Waals surface area contributed by atoms with Crippen LogP contribution in [0.25, 0.3) is 0 Å². The van der Waals surface area contributed by atoms with E-state index >= 15 is 0 Å². The molecule has 13 heteroatoms. The summed E-state index contributed by atoms with van der Waals surface area (Å²) in [5.74, 6) is 0.281. The number of alkyl halides is 6. The van der Waals surface area contributed by atoms with Crippen LogP contribution < -0.4 is 15.4 Å².